The summed E-state index contributed by atoms with van der Waals surface area (Å²) in [4.78, 5) is 39.3. The van der Waals surface area contributed by atoms with Crippen molar-refractivity contribution < 1.29 is 23.9 Å². The molecule has 2 heterocycles. The molecule has 2 aliphatic heterocycles. The summed E-state index contributed by atoms with van der Waals surface area (Å²) in [5.41, 5.74) is -0.253. The quantitative estimate of drug-likeness (QED) is 0.779. The SMILES string of the molecule is COc1ccc2c(c1)C(=O)NCC1(CCC(=O)N(CC(=O)NC3CCCC3)CC1)O2. The lowest BCUT2D eigenvalue weighted by atomic mass is 9.94. The van der Waals surface area contributed by atoms with Gasteiger partial charge in [-0.05, 0) is 37.5 Å². The number of rotatable bonds is 4. The third-order valence-corrected chi connectivity index (χ3v) is 6.37. The van der Waals surface area contributed by atoms with Crippen LogP contribution in [0.25, 0.3) is 0 Å². The number of nitrogens with zero attached hydrogens (tertiary/aromatic N) is 1. The highest BCUT2D eigenvalue weighted by molar-refractivity contribution is 5.97. The van der Waals surface area contributed by atoms with E-state index in [1.807, 2.05) is 0 Å². The maximum Gasteiger partial charge on any atom is 0.255 e. The highest BCUT2D eigenvalue weighted by Gasteiger charge is 2.40. The molecule has 2 fully saturated rings. The molecule has 0 aromatic heterocycles. The van der Waals surface area contributed by atoms with Gasteiger partial charge in [0.05, 0.1) is 25.8 Å². The van der Waals surface area contributed by atoms with E-state index < -0.39 is 5.60 Å². The van der Waals surface area contributed by atoms with E-state index in [-0.39, 0.29) is 36.7 Å². The van der Waals surface area contributed by atoms with Crippen molar-refractivity contribution in [1.29, 1.82) is 0 Å². The lowest BCUT2D eigenvalue weighted by Crippen LogP contribution is -2.46. The van der Waals surface area contributed by atoms with E-state index >= 15 is 0 Å². The van der Waals surface area contributed by atoms with Crippen molar-refractivity contribution in [3.05, 3.63) is 23.8 Å². The minimum Gasteiger partial charge on any atom is -0.497 e. The largest absolute Gasteiger partial charge is 0.497 e. The predicted molar refractivity (Wildman–Crippen MR) is 110 cm³/mol. The van der Waals surface area contributed by atoms with E-state index in [4.69, 9.17) is 9.47 Å². The number of amides is 3. The maximum absolute atomic E-state index is 12.7. The highest BCUT2D eigenvalue weighted by Crippen LogP contribution is 2.34. The molecule has 3 aliphatic rings. The van der Waals surface area contributed by atoms with Gasteiger partial charge < -0.3 is 25.0 Å². The van der Waals surface area contributed by atoms with Crippen molar-refractivity contribution in [1.82, 2.24) is 15.5 Å². The van der Waals surface area contributed by atoms with Gasteiger partial charge in [-0.15, -0.1) is 0 Å². The Labute approximate surface area is 176 Å². The molecular weight excluding hydrogens is 386 g/mol. The monoisotopic (exact) mass is 415 g/mol. The topological polar surface area (TPSA) is 97.0 Å². The Kier molecular flexibility index (Phi) is 5.83. The number of nitrogens with one attached hydrogen (secondary N) is 2. The number of benzene rings is 1. The van der Waals surface area contributed by atoms with Crippen molar-refractivity contribution >= 4 is 17.7 Å². The normalized spacial score (nSPS) is 24.5. The molecule has 1 aliphatic carbocycles. The summed E-state index contributed by atoms with van der Waals surface area (Å²) in [6.07, 6.45) is 5.62. The average molecular weight is 415 g/mol. The van der Waals surface area contributed by atoms with Crippen LogP contribution in [0.1, 0.15) is 55.3 Å². The zero-order valence-electron chi connectivity index (χ0n) is 17.4. The Morgan fingerprint density at radius 3 is 2.87 bits per heavy atom. The Morgan fingerprint density at radius 2 is 2.10 bits per heavy atom. The molecule has 162 valence electrons. The first-order chi connectivity index (χ1) is 14.5. The summed E-state index contributed by atoms with van der Waals surface area (Å²) < 4.78 is 11.5. The third kappa shape index (κ3) is 4.37. The Morgan fingerprint density at radius 1 is 1.30 bits per heavy atom. The van der Waals surface area contributed by atoms with Crippen LogP contribution in [0.4, 0.5) is 0 Å². The van der Waals surface area contributed by atoms with Gasteiger partial charge in [0.25, 0.3) is 5.91 Å². The Hall–Kier alpha value is -2.77. The molecule has 1 saturated carbocycles. The van der Waals surface area contributed by atoms with Crippen LogP contribution in [0.2, 0.25) is 0 Å². The van der Waals surface area contributed by atoms with Gasteiger partial charge in [-0.25, -0.2) is 0 Å². The first kappa shape index (κ1) is 20.5. The zero-order valence-corrected chi connectivity index (χ0v) is 17.4. The van der Waals surface area contributed by atoms with Crippen LogP contribution in [0.5, 0.6) is 11.5 Å². The lowest BCUT2D eigenvalue weighted by Gasteiger charge is -2.32. The molecular formula is C22H29N3O5. The number of methoxy groups -OCH3 is 1. The molecule has 2 N–H and O–H groups in total. The average Bonchev–Trinajstić information content (AvgIpc) is 3.15. The molecule has 4 rings (SSSR count). The second-order valence-corrected chi connectivity index (χ2v) is 8.44. The van der Waals surface area contributed by atoms with Gasteiger partial charge in [0.2, 0.25) is 11.8 Å². The van der Waals surface area contributed by atoms with Gasteiger partial charge in [-0.1, -0.05) is 12.8 Å². The fraction of sp³-hybridized carbons (Fsp3) is 0.591. The van der Waals surface area contributed by atoms with Crippen LogP contribution < -0.4 is 20.1 Å². The summed E-state index contributed by atoms with van der Waals surface area (Å²) in [5, 5.41) is 5.98. The molecule has 1 unspecified atom stereocenters. The standard InChI is InChI=1S/C22H29N3O5/c1-29-16-6-7-18-17(12-16)21(28)23-14-22(30-18)9-8-20(27)25(11-10-22)13-19(26)24-15-4-2-3-5-15/h6-7,12,15H,2-5,8-11,13-14H2,1H3,(H,23,28)(H,24,26). The van der Waals surface area contributed by atoms with Crippen LogP contribution in [0.15, 0.2) is 18.2 Å². The molecule has 1 atom stereocenters. The van der Waals surface area contributed by atoms with Crippen LogP contribution in [0, 0.1) is 0 Å². The van der Waals surface area contributed by atoms with E-state index in [1.165, 1.54) is 0 Å². The molecule has 8 heteroatoms. The van der Waals surface area contributed by atoms with Gasteiger partial charge in [0.15, 0.2) is 0 Å². The van der Waals surface area contributed by atoms with Gasteiger partial charge in [0.1, 0.15) is 17.1 Å². The summed E-state index contributed by atoms with van der Waals surface area (Å²) in [5.74, 6) is 0.704. The number of ether oxygens (including phenoxy) is 2. The van der Waals surface area contributed by atoms with Crippen LogP contribution in [-0.2, 0) is 9.59 Å². The van der Waals surface area contributed by atoms with Gasteiger partial charge in [-0.3, -0.25) is 14.4 Å². The van der Waals surface area contributed by atoms with Crippen molar-refractivity contribution in [3.8, 4) is 11.5 Å². The number of hydrogen-bond donors (Lipinski definition) is 2. The predicted octanol–water partition coefficient (Wildman–Crippen LogP) is 1.63. The summed E-state index contributed by atoms with van der Waals surface area (Å²) in [6.45, 7) is 0.808. The van der Waals surface area contributed by atoms with Crippen molar-refractivity contribution in [2.45, 2.75) is 56.6 Å². The first-order valence-electron chi connectivity index (χ1n) is 10.7. The summed E-state index contributed by atoms with van der Waals surface area (Å²) in [7, 11) is 1.55. The highest BCUT2D eigenvalue weighted by atomic mass is 16.5. The van der Waals surface area contributed by atoms with Crippen molar-refractivity contribution in [2.75, 3.05) is 26.7 Å². The molecule has 0 bridgehead atoms. The van der Waals surface area contributed by atoms with E-state index in [0.29, 0.717) is 43.0 Å². The van der Waals surface area contributed by atoms with Gasteiger partial charge in [0, 0.05) is 25.4 Å². The van der Waals surface area contributed by atoms with E-state index in [1.54, 1.807) is 30.2 Å². The van der Waals surface area contributed by atoms with Gasteiger partial charge >= 0.3 is 0 Å². The zero-order chi connectivity index (χ0) is 21.1. The molecule has 1 aromatic rings. The minimum absolute atomic E-state index is 0.0532. The second-order valence-electron chi connectivity index (χ2n) is 8.44. The number of carbonyl (C=O) groups is 3. The molecule has 0 radical (unpaired) electrons. The summed E-state index contributed by atoms with van der Waals surface area (Å²) >= 11 is 0. The first-order valence-corrected chi connectivity index (χ1v) is 10.7. The number of hydrogen-bond acceptors (Lipinski definition) is 5. The number of carbonyl (C=O) groups excluding carboxylic acids is 3. The Bertz CT molecular complexity index is 836. The fourth-order valence-corrected chi connectivity index (χ4v) is 4.55. The fourth-order valence-electron chi connectivity index (χ4n) is 4.55. The van der Waals surface area contributed by atoms with Crippen molar-refractivity contribution in [2.24, 2.45) is 0 Å². The molecule has 30 heavy (non-hydrogen) atoms. The van der Waals surface area contributed by atoms with Gasteiger partial charge in [-0.2, -0.15) is 0 Å². The second kappa shape index (κ2) is 8.53. The maximum atomic E-state index is 12.7. The molecule has 1 spiro atoms. The van der Waals surface area contributed by atoms with E-state index in [0.717, 1.165) is 25.7 Å². The minimum atomic E-state index is -0.679. The molecule has 1 aromatic carbocycles. The van der Waals surface area contributed by atoms with Crippen LogP contribution in [0.3, 0.4) is 0 Å². The molecule has 1 saturated heterocycles. The number of fused-ring (bicyclic) bond motifs is 1. The lowest BCUT2D eigenvalue weighted by molar-refractivity contribution is -0.135. The molecule has 3 amide bonds. The van der Waals surface area contributed by atoms with E-state index in [9.17, 15) is 14.4 Å². The third-order valence-electron chi connectivity index (χ3n) is 6.37. The Balaban J connectivity index is 1.44. The van der Waals surface area contributed by atoms with Crippen LogP contribution in [-0.4, -0.2) is 61.0 Å². The number of likely N-dealkylation sites (tertiary alicyclic amines) is 1. The van der Waals surface area contributed by atoms with Crippen LogP contribution >= 0.6 is 0 Å². The van der Waals surface area contributed by atoms with Crippen molar-refractivity contribution in [3.63, 3.8) is 0 Å². The van der Waals surface area contributed by atoms with E-state index in [2.05, 4.69) is 10.6 Å². The smallest absolute Gasteiger partial charge is 0.255 e. The molecule has 8 nitrogen and oxygen atoms in total. The summed E-state index contributed by atoms with van der Waals surface area (Å²) in [6, 6.07) is 5.39.